The van der Waals surface area contributed by atoms with Crippen molar-refractivity contribution in [2.45, 2.75) is 30.0 Å². The molecular formula is C12H14F3NO3S. The van der Waals surface area contributed by atoms with Gasteiger partial charge in [0.25, 0.3) is 0 Å². The van der Waals surface area contributed by atoms with E-state index in [1.807, 2.05) is 0 Å². The summed E-state index contributed by atoms with van der Waals surface area (Å²) in [6, 6.07) is 2.89. The van der Waals surface area contributed by atoms with Crippen molar-refractivity contribution in [3.63, 3.8) is 0 Å². The van der Waals surface area contributed by atoms with Gasteiger partial charge in [-0.2, -0.15) is 17.5 Å². The van der Waals surface area contributed by atoms with Gasteiger partial charge >= 0.3 is 6.18 Å². The molecular weight excluding hydrogens is 295 g/mol. The number of nitrogens with zero attached hydrogens (tertiary/aromatic N) is 1. The van der Waals surface area contributed by atoms with Crippen molar-refractivity contribution >= 4 is 10.0 Å². The second-order valence-corrected chi connectivity index (χ2v) is 6.51. The third-order valence-corrected chi connectivity index (χ3v) is 5.29. The number of halogens is 3. The van der Waals surface area contributed by atoms with Gasteiger partial charge < -0.3 is 5.11 Å². The Morgan fingerprint density at radius 2 is 1.85 bits per heavy atom. The van der Waals surface area contributed by atoms with Gasteiger partial charge in [-0.3, -0.25) is 0 Å². The summed E-state index contributed by atoms with van der Waals surface area (Å²) in [5.74, 6) is 0. The molecule has 0 radical (unpaired) electrons. The topological polar surface area (TPSA) is 57.6 Å². The molecule has 0 aromatic heterocycles. The first kappa shape index (κ1) is 15.3. The molecule has 1 unspecified atom stereocenters. The van der Waals surface area contributed by atoms with Crippen LogP contribution in [0.2, 0.25) is 0 Å². The second-order valence-electron chi connectivity index (χ2n) is 4.62. The van der Waals surface area contributed by atoms with Crippen LogP contribution in [-0.4, -0.2) is 37.0 Å². The molecule has 2 rings (SSSR count). The second kappa shape index (κ2) is 5.34. The quantitative estimate of drug-likeness (QED) is 0.927. The van der Waals surface area contributed by atoms with E-state index in [4.69, 9.17) is 5.11 Å². The minimum absolute atomic E-state index is 0.189. The lowest BCUT2D eigenvalue weighted by atomic mass is 10.2. The third kappa shape index (κ3) is 2.82. The van der Waals surface area contributed by atoms with Gasteiger partial charge in [0, 0.05) is 12.6 Å². The molecule has 0 bridgehead atoms. The fraction of sp³-hybridized carbons (Fsp3) is 0.500. The van der Waals surface area contributed by atoms with E-state index < -0.39 is 27.8 Å². The van der Waals surface area contributed by atoms with E-state index in [2.05, 4.69) is 0 Å². The molecule has 0 aliphatic carbocycles. The van der Waals surface area contributed by atoms with Crippen LogP contribution in [0, 0.1) is 0 Å². The van der Waals surface area contributed by atoms with Crippen LogP contribution in [0.3, 0.4) is 0 Å². The number of sulfonamides is 1. The minimum Gasteiger partial charge on any atom is -0.395 e. The molecule has 8 heteroatoms. The summed E-state index contributed by atoms with van der Waals surface area (Å²) in [4.78, 5) is -0.189. The Morgan fingerprint density at radius 1 is 1.25 bits per heavy atom. The van der Waals surface area contributed by atoms with Gasteiger partial charge in [-0.1, -0.05) is 0 Å². The van der Waals surface area contributed by atoms with E-state index >= 15 is 0 Å². The maximum Gasteiger partial charge on any atom is 0.416 e. The molecule has 1 heterocycles. The highest BCUT2D eigenvalue weighted by Gasteiger charge is 2.36. The Kier molecular flexibility index (Phi) is 4.08. The molecule has 1 atom stereocenters. The zero-order valence-electron chi connectivity index (χ0n) is 10.5. The summed E-state index contributed by atoms with van der Waals surface area (Å²) in [5.41, 5.74) is -0.892. The molecule has 1 aliphatic heterocycles. The molecule has 1 fully saturated rings. The predicted molar refractivity (Wildman–Crippen MR) is 65.4 cm³/mol. The van der Waals surface area contributed by atoms with Gasteiger partial charge in [-0.15, -0.1) is 0 Å². The number of benzene rings is 1. The Bertz CT molecular complexity index is 569. The molecule has 112 valence electrons. The molecule has 0 saturated carbocycles. The smallest absolute Gasteiger partial charge is 0.395 e. The number of aliphatic hydroxyl groups is 1. The molecule has 0 spiro atoms. The SMILES string of the molecule is O=S(=O)(c1ccc(C(F)(F)F)cc1)N1CCCC1CO. The summed E-state index contributed by atoms with van der Waals surface area (Å²) >= 11 is 0. The van der Waals surface area contributed by atoms with Crippen LogP contribution in [0.1, 0.15) is 18.4 Å². The van der Waals surface area contributed by atoms with Gasteiger partial charge in [0.2, 0.25) is 10.0 Å². The number of aliphatic hydroxyl groups excluding tert-OH is 1. The molecule has 4 nitrogen and oxygen atoms in total. The first-order valence-corrected chi connectivity index (χ1v) is 7.51. The highest BCUT2D eigenvalue weighted by atomic mass is 32.2. The van der Waals surface area contributed by atoms with Crippen LogP contribution in [-0.2, 0) is 16.2 Å². The molecule has 1 N–H and O–H groups in total. The maximum atomic E-state index is 12.4. The van der Waals surface area contributed by atoms with Crippen molar-refractivity contribution in [3.8, 4) is 0 Å². The van der Waals surface area contributed by atoms with E-state index in [-0.39, 0.29) is 18.0 Å². The fourth-order valence-electron chi connectivity index (χ4n) is 2.26. The van der Waals surface area contributed by atoms with E-state index in [0.29, 0.717) is 12.8 Å². The average Bonchev–Trinajstić information content (AvgIpc) is 2.87. The summed E-state index contributed by atoms with van der Waals surface area (Å²) in [5, 5.41) is 9.14. The first-order valence-electron chi connectivity index (χ1n) is 6.07. The monoisotopic (exact) mass is 309 g/mol. The highest BCUT2D eigenvalue weighted by molar-refractivity contribution is 7.89. The van der Waals surface area contributed by atoms with Crippen LogP contribution in [0.15, 0.2) is 29.2 Å². The molecule has 1 aliphatic rings. The molecule has 20 heavy (non-hydrogen) atoms. The van der Waals surface area contributed by atoms with Gasteiger partial charge in [0.15, 0.2) is 0 Å². The normalized spacial score (nSPS) is 21.3. The Labute approximate surface area is 114 Å². The lowest BCUT2D eigenvalue weighted by Crippen LogP contribution is -2.37. The number of rotatable bonds is 3. The molecule has 1 saturated heterocycles. The largest absolute Gasteiger partial charge is 0.416 e. The first-order chi connectivity index (χ1) is 9.26. The van der Waals surface area contributed by atoms with Crippen LogP contribution >= 0.6 is 0 Å². The third-order valence-electron chi connectivity index (χ3n) is 3.32. The van der Waals surface area contributed by atoms with Crippen LogP contribution in [0.4, 0.5) is 13.2 Å². The lowest BCUT2D eigenvalue weighted by molar-refractivity contribution is -0.137. The predicted octanol–water partition coefficient (Wildman–Crippen LogP) is 1.85. The fourth-order valence-corrected chi connectivity index (χ4v) is 3.94. The van der Waals surface area contributed by atoms with Gasteiger partial charge in [-0.05, 0) is 37.1 Å². The Hall–Kier alpha value is -1.12. The minimum atomic E-state index is -4.50. The summed E-state index contributed by atoms with van der Waals surface area (Å²) in [7, 11) is -3.86. The van der Waals surface area contributed by atoms with E-state index in [1.54, 1.807) is 0 Å². The van der Waals surface area contributed by atoms with Crippen LogP contribution < -0.4 is 0 Å². The summed E-state index contributed by atoms with van der Waals surface area (Å²) in [6.45, 7) is -0.0194. The van der Waals surface area contributed by atoms with Crippen LogP contribution in [0.25, 0.3) is 0 Å². The van der Waals surface area contributed by atoms with Gasteiger partial charge in [0.05, 0.1) is 17.1 Å². The zero-order valence-corrected chi connectivity index (χ0v) is 11.3. The highest BCUT2D eigenvalue weighted by Crippen LogP contribution is 2.31. The van der Waals surface area contributed by atoms with Crippen molar-refractivity contribution < 1.29 is 26.7 Å². The Balaban J connectivity index is 2.31. The number of alkyl halides is 3. The summed E-state index contributed by atoms with van der Waals surface area (Å²) in [6.07, 6.45) is -3.31. The molecule has 1 aromatic rings. The lowest BCUT2D eigenvalue weighted by Gasteiger charge is -2.22. The Morgan fingerprint density at radius 3 is 2.35 bits per heavy atom. The van der Waals surface area contributed by atoms with Crippen molar-refractivity contribution in [2.75, 3.05) is 13.2 Å². The van der Waals surface area contributed by atoms with Gasteiger partial charge in [0.1, 0.15) is 0 Å². The van der Waals surface area contributed by atoms with E-state index in [9.17, 15) is 21.6 Å². The standard InChI is InChI=1S/C12H14F3NO3S/c13-12(14,15)9-3-5-11(6-4-9)20(18,19)16-7-1-2-10(16)8-17/h3-6,10,17H,1-2,7-8H2. The summed E-state index contributed by atoms with van der Waals surface area (Å²) < 4.78 is 63.1. The average molecular weight is 309 g/mol. The van der Waals surface area contributed by atoms with Crippen molar-refractivity contribution in [2.24, 2.45) is 0 Å². The van der Waals surface area contributed by atoms with E-state index in [1.165, 1.54) is 0 Å². The molecule has 0 amide bonds. The van der Waals surface area contributed by atoms with Crippen molar-refractivity contribution in [1.82, 2.24) is 4.31 Å². The zero-order chi connectivity index (χ0) is 15.0. The number of hydrogen-bond acceptors (Lipinski definition) is 3. The van der Waals surface area contributed by atoms with Crippen molar-refractivity contribution in [3.05, 3.63) is 29.8 Å². The van der Waals surface area contributed by atoms with Crippen molar-refractivity contribution in [1.29, 1.82) is 0 Å². The maximum absolute atomic E-state index is 12.4. The van der Waals surface area contributed by atoms with E-state index in [0.717, 1.165) is 28.6 Å². The number of hydrogen-bond donors (Lipinski definition) is 1. The molecule has 1 aromatic carbocycles. The van der Waals surface area contributed by atoms with Gasteiger partial charge in [-0.25, -0.2) is 8.42 Å². The van der Waals surface area contributed by atoms with Crippen LogP contribution in [0.5, 0.6) is 0 Å².